The Labute approximate surface area is 463 Å². The van der Waals surface area contributed by atoms with Crippen LogP contribution in [0.1, 0.15) is 309 Å². The predicted molar refractivity (Wildman–Crippen MR) is 321 cm³/mol. The van der Waals surface area contributed by atoms with E-state index in [1.807, 2.05) is 0 Å². The molecule has 0 aromatic rings. The van der Waals surface area contributed by atoms with Gasteiger partial charge in [0.2, 0.25) is 0 Å². The zero-order valence-corrected chi connectivity index (χ0v) is 49.9. The maximum atomic E-state index is 12.7. The largest absolute Gasteiger partial charge is 0.472 e. The SMILES string of the molecule is CC/C=C\C/C=C\C/C=C\C/C=C\C/C=C\CCCCCCCCCCCCCC(=O)OC(COC(=O)CCCCCCCCCCCCCCCCCCCCCCCCCCCCC)COP(=O)(O)OCCN. The molecule has 0 bridgehead atoms. The molecule has 0 spiro atoms. The molecule has 75 heavy (non-hydrogen) atoms. The first-order valence-corrected chi connectivity index (χ1v) is 33.3. The molecule has 0 aromatic carbocycles. The van der Waals surface area contributed by atoms with E-state index in [1.54, 1.807) is 0 Å². The van der Waals surface area contributed by atoms with Crippen LogP contribution in [0.2, 0.25) is 0 Å². The van der Waals surface area contributed by atoms with Crippen molar-refractivity contribution < 1.29 is 37.6 Å². The van der Waals surface area contributed by atoms with Crippen molar-refractivity contribution in [1.29, 1.82) is 0 Å². The molecule has 0 radical (unpaired) electrons. The first-order valence-electron chi connectivity index (χ1n) is 31.8. The third-order valence-electron chi connectivity index (χ3n) is 13.9. The van der Waals surface area contributed by atoms with Crippen LogP contribution in [-0.2, 0) is 32.7 Å². The van der Waals surface area contributed by atoms with Crippen LogP contribution >= 0.6 is 7.82 Å². The standard InChI is InChI=1S/C65H120NO8P/c1-3-5-7-9-11-13-15-17-19-21-23-25-27-29-31-33-35-37-39-41-43-45-47-49-51-53-55-57-64(67)71-61-63(62-73-75(69,70)72-60-59-66)74-65(68)58-56-54-52-50-48-46-44-42-40-38-36-34-32-30-28-26-24-22-20-18-16-14-12-10-8-6-4-2/h6,8,12,14,18,20,24,26,30,32,63H,3-5,7,9-11,13,15-17,19,21-23,25,27-29,31,33-62,66H2,1-2H3,(H,69,70)/b8-6-,14-12-,20-18-,26-24-,32-30-. The molecule has 0 saturated heterocycles. The summed E-state index contributed by atoms with van der Waals surface area (Å²) in [4.78, 5) is 35.3. The van der Waals surface area contributed by atoms with Crippen molar-refractivity contribution in [2.75, 3.05) is 26.4 Å². The van der Waals surface area contributed by atoms with Crippen LogP contribution in [0.5, 0.6) is 0 Å². The lowest BCUT2D eigenvalue weighted by Crippen LogP contribution is -2.29. The number of phosphoric acid groups is 1. The first-order chi connectivity index (χ1) is 36.8. The van der Waals surface area contributed by atoms with E-state index < -0.39 is 26.5 Å². The Morgan fingerprint density at radius 3 is 1.09 bits per heavy atom. The zero-order chi connectivity index (χ0) is 54.5. The lowest BCUT2D eigenvalue weighted by Gasteiger charge is -2.19. The number of carbonyl (C=O) groups is 2. The minimum absolute atomic E-state index is 0.0527. The molecule has 0 aliphatic carbocycles. The van der Waals surface area contributed by atoms with Crippen molar-refractivity contribution in [1.82, 2.24) is 0 Å². The summed E-state index contributed by atoms with van der Waals surface area (Å²) < 4.78 is 33.1. The van der Waals surface area contributed by atoms with Gasteiger partial charge in [-0.3, -0.25) is 18.6 Å². The summed E-state index contributed by atoms with van der Waals surface area (Å²) >= 11 is 0. The van der Waals surface area contributed by atoms with Crippen LogP contribution in [0.15, 0.2) is 60.8 Å². The summed E-state index contributed by atoms with van der Waals surface area (Å²) in [6, 6.07) is 0. The highest BCUT2D eigenvalue weighted by Crippen LogP contribution is 2.43. The molecule has 2 atom stereocenters. The topological polar surface area (TPSA) is 134 Å². The van der Waals surface area contributed by atoms with Crippen molar-refractivity contribution in [2.45, 2.75) is 315 Å². The fourth-order valence-corrected chi connectivity index (χ4v) is 10.0. The van der Waals surface area contributed by atoms with E-state index in [4.69, 9.17) is 24.3 Å². The molecule has 0 amide bonds. The lowest BCUT2D eigenvalue weighted by atomic mass is 10.0. The molecule has 10 heteroatoms. The zero-order valence-electron chi connectivity index (χ0n) is 49.0. The number of hydrogen-bond acceptors (Lipinski definition) is 8. The highest BCUT2D eigenvalue weighted by atomic mass is 31.2. The second-order valence-electron chi connectivity index (χ2n) is 21.3. The molecule has 3 N–H and O–H groups in total. The van der Waals surface area contributed by atoms with Crippen LogP contribution < -0.4 is 5.73 Å². The number of rotatable bonds is 60. The minimum Gasteiger partial charge on any atom is -0.462 e. The number of ether oxygens (including phenoxy) is 2. The van der Waals surface area contributed by atoms with Gasteiger partial charge < -0.3 is 20.1 Å². The van der Waals surface area contributed by atoms with Gasteiger partial charge in [0.15, 0.2) is 6.10 Å². The highest BCUT2D eigenvalue weighted by molar-refractivity contribution is 7.47. The molecule has 0 fully saturated rings. The molecule has 0 saturated carbocycles. The van der Waals surface area contributed by atoms with E-state index in [-0.39, 0.29) is 38.6 Å². The first kappa shape index (κ1) is 72.7. The van der Waals surface area contributed by atoms with E-state index >= 15 is 0 Å². The molecule has 438 valence electrons. The molecule has 0 rings (SSSR count). The van der Waals surface area contributed by atoms with Crippen LogP contribution in [-0.4, -0.2) is 49.3 Å². The summed E-state index contributed by atoms with van der Waals surface area (Å²) in [6.07, 6.45) is 77.2. The molecule has 0 aliphatic rings. The van der Waals surface area contributed by atoms with Gasteiger partial charge in [-0.25, -0.2) is 4.57 Å². The van der Waals surface area contributed by atoms with E-state index in [1.165, 1.54) is 199 Å². The second kappa shape index (κ2) is 60.9. The summed E-state index contributed by atoms with van der Waals surface area (Å²) in [6.45, 7) is 3.68. The van der Waals surface area contributed by atoms with Crippen LogP contribution in [0.3, 0.4) is 0 Å². The number of unbranched alkanes of at least 4 members (excludes halogenated alkanes) is 37. The van der Waals surface area contributed by atoms with Crippen molar-refractivity contribution >= 4 is 19.8 Å². The number of allylic oxidation sites excluding steroid dienone is 10. The monoisotopic (exact) mass is 1070 g/mol. The van der Waals surface area contributed by atoms with Crippen molar-refractivity contribution in [3.05, 3.63) is 60.8 Å². The fourth-order valence-electron chi connectivity index (χ4n) is 9.25. The number of nitrogens with two attached hydrogens (primary N) is 1. The Hall–Kier alpha value is -2.29. The third kappa shape index (κ3) is 60.8. The normalized spacial score (nSPS) is 13.4. The minimum atomic E-state index is -4.39. The van der Waals surface area contributed by atoms with Crippen LogP contribution in [0.25, 0.3) is 0 Å². The molecule has 0 aromatic heterocycles. The summed E-state index contributed by atoms with van der Waals surface area (Å²) in [5.41, 5.74) is 5.39. The van der Waals surface area contributed by atoms with Gasteiger partial charge >= 0.3 is 19.8 Å². The van der Waals surface area contributed by atoms with Gasteiger partial charge in [-0.1, -0.05) is 299 Å². The predicted octanol–water partition coefficient (Wildman–Crippen LogP) is 20.3. The maximum absolute atomic E-state index is 12.7. The average Bonchev–Trinajstić information content (AvgIpc) is 3.40. The quantitative estimate of drug-likeness (QED) is 0.0264. The fraction of sp³-hybridized carbons (Fsp3) is 0.815. The summed E-state index contributed by atoms with van der Waals surface area (Å²) in [5, 5.41) is 0. The maximum Gasteiger partial charge on any atom is 0.472 e. The smallest absolute Gasteiger partial charge is 0.462 e. The molecule has 0 heterocycles. The highest BCUT2D eigenvalue weighted by Gasteiger charge is 2.26. The van der Waals surface area contributed by atoms with E-state index in [0.29, 0.717) is 6.42 Å². The third-order valence-corrected chi connectivity index (χ3v) is 14.9. The van der Waals surface area contributed by atoms with Gasteiger partial charge in [-0.15, -0.1) is 0 Å². The Bertz CT molecular complexity index is 1410. The number of esters is 2. The molecule has 0 aliphatic heterocycles. The van der Waals surface area contributed by atoms with Crippen molar-refractivity contribution in [3.63, 3.8) is 0 Å². The van der Waals surface area contributed by atoms with Gasteiger partial charge in [-0.2, -0.15) is 0 Å². The van der Waals surface area contributed by atoms with Crippen LogP contribution in [0.4, 0.5) is 0 Å². The molecular formula is C65H120NO8P. The summed E-state index contributed by atoms with van der Waals surface area (Å²) in [7, 11) is -4.39. The molecule has 9 nitrogen and oxygen atoms in total. The van der Waals surface area contributed by atoms with Gasteiger partial charge in [0.1, 0.15) is 6.61 Å². The number of carbonyl (C=O) groups excluding carboxylic acids is 2. The Balaban J connectivity index is 3.91. The number of hydrogen-bond donors (Lipinski definition) is 2. The Kier molecular flexibility index (Phi) is 59.1. The van der Waals surface area contributed by atoms with Gasteiger partial charge in [0.25, 0.3) is 0 Å². The van der Waals surface area contributed by atoms with E-state index in [2.05, 4.69) is 74.6 Å². The Morgan fingerprint density at radius 2 is 0.733 bits per heavy atom. The second-order valence-corrected chi connectivity index (χ2v) is 22.7. The lowest BCUT2D eigenvalue weighted by molar-refractivity contribution is -0.161. The number of phosphoric ester groups is 1. The summed E-state index contributed by atoms with van der Waals surface area (Å²) in [5.74, 6) is -0.818. The van der Waals surface area contributed by atoms with Gasteiger partial charge in [-0.05, 0) is 57.8 Å². The Morgan fingerprint density at radius 1 is 0.413 bits per heavy atom. The average molecular weight is 1070 g/mol. The van der Waals surface area contributed by atoms with Gasteiger partial charge in [0, 0.05) is 19.4 Å². The molecule has 2 unspecified atom stereocenters. The van der Waals surface area contributed by atoms with Crippen molar-refractivity contribution in [3.8, 4) is 0 Å². The van der Waals surface area contributed by atoms with E-state index in [0.717, 1.165) is 77.0 Å². The van der Waals surface area contributed by atoms with Gasteiger partial charge in [0.05, 0.1) is 13.2 Å². The van der Waals surface area contributed by atoms with Crippen LogP contribution in [0, 0.1) is 0 Å². The van der Waals surface area contributed by atoms with Crippen molar-refractivity contribution in [2.24, 2.45) is 5.73 Å². The molecular weight excluding hydrogens is 954 g/mol. The van der Waals surface area contributed by atoms with E-state index in [9.17, 15) is 19.0 Å².